The minimum Gasteiger partial charge on any atom is -0.327 e. The number of aromatic amines is 2. The van der Waals surface area contributed by atoms with E-state index < -0.39 is 10.0 Å². The number of hydrogen-bond acceptors (Lipinski definition) is 7. The van der Waals surface area contributed by atoms with Crippen LogP contribution in [0.4, 0.5) is 11.6 Å². The lowest BCUT2D eigenvalue weighted by atomic mass is 9.87. The first-order valence-electron chi connectivity index (χ1n) is 10.1. The summed E-state index contributed by atoms with van der Waals surface area (Å²) in [6.45, 7) is 0. The number of imidazole rings is 1. The van der Waals surface area contributed by atoms with Crippen molar-refractivity contribution < 1.29 is 8.42 Å². The number of aromatic nitrogens is 5. The van der Waals surface area contributed by atoms with Crippen LogP contribution >= 0.6 is 0 Å². The van der Waals surface area contributed by atoms with E-state index in [1.165, 1.54) is 16.7 Å². The van der Waals surface area contributed by atoms with Crippen molar-refractivity contribution >= 4 is 32.8 Å². The molecule has 3 N–H and O–H groups in total. The van der Waals surface area contributed by atoms with Gasteiger partial charge in [-0.15, -0.1) is 0 Å². The molecule has 11 nitrogen and oxygen atoms in total. The van der Waals surface area contributed by atoms with Crippen LogP contribution in [0, 0.1) is 5.92 Å². The zero-order valence-electron chi connectivity index (χ0n) is 17.3. The molecule has 3 heterocycles. The monoisotopic (exact) mass is 447 g/mol. The van der Waals surface area contributed by atoms with Gasteiger partial charge in [0.15, 0.2) is 5.65 Å². The van der Waals surface area contributed by atoms with Gasteiger partial charge < -0.3 is 15.3 Å². The summed E-state index contributed by atoms with van der Waals surface area (Å²) in [5.41, 5.74) is 0.690. The van der Waals surface area contributed by atoms with Crippen molar-refractivity contribution in [3.63, 3.8) is 0 Å². The number of rotatable bonds is 6. The van der Waals surface area contributed by atoms with Gasteiger partial charge in [0.2, 0.25) is 16.0 Å². The van der Waals surface area contributed by atoms with E-state index in [2.05, 4.69) is 25.3 Å². The third-order valence-corrected chi connectivity index (χ3v) is 7.71. The largest absolute Gasteiger partial charge is 0.327 e. The number of nitrogens with one attached hydrogen (secondary N) is 3. The van der Waals surface area contributed by atoms with Crippen molar-refractivity contribution in [3.05, 3.63) is 45.4 Å². The number of anilines is 2. The summed E-state index contributed by atoms with van der Waals surface area (Å²) in [5.74, 6) is 0.404. The Bertz CT molecular complexity index is 1300. The van der Waals surface area contributed by atoms with Crippen LogP contribution in [0.5, 0.6) is 0 Å². The minimum absolute atomic E-state index is 0.0706. The van der Waals surface area contributed by atoms with Crippen LogP contribution in [0.1, 0.15) is 31.7 Å². The van der Waals surface area contributed by atoms with Gasteiger partial charge in [0.25, 0.3) is 5.56 Å². The molecule has 1 saturated carbocycles. The predicted molar refractivity (Wildman–Crippen MR) is 117 cm³/mol. The Balaban J connectivity index is 1.56. The number of H-pyrrole nitrogens is 2. The first-order chi connectivity index (χ1) is 14.7. The van der Waals surface area contributed by atoms with E-state index >= 15 is 0 Å². The molecule has 0 bridgehead atoms. The second kappa shape index (κ2) is 8.27. The third-order valence-electron chi connectivity index (χ3n) is 5.71. The fourth-order valence-electron chi connectivity index (χ4n) is 3.97. The number of pyridine rings is 1. The van der Waals surface area contributed by atoms with E-state index in [0.717, 1.165) is 0 Å². The molecular weight excluding hydrogens is 422 g/mol. The molecule has 0 spiro atoms. The Morgan fingerprint density at radius 2 is 1.97 bits per heavy atom. The van der Waals surface area contributed by atoms with Crippen LogP contribution < -0.4 is 16.6 Å². The summed E-state index contributed by atoms with van der Waals surface area (Å²) in [5, 5.41) is 2.88. The molecule has 0 amide bonds. The third kappa shape index (κ3) is 4.39. The van der Waals surface area contributed by atoms with Gasteiger partial charge >= 0.3 is 5.69 Å². The molecular formula is C19H25N7O4S. The van der Waals surface area contributed by atoms with Crippen molar-refractivity contribution in [2.75, 3.05) is 25.2 Å². The topological polar surface area (TPSA) is 146 Å². The van der Waals surface area contributed by atoms with Crippen LogP contribution in [0.3, 0.4) is 0 Å². The fraction of sp³-hybridized carbons (Fsp3) is 0.474. The molecule has 0 unspecified atom stereocenters. The Labute approximate surface area is 178 Å². The molecule has 12 heteroatoms. The van der Waals surface area contributed by atoms with Gasteiger partial charge in [0, 0.05) is 26.3 Å². The van der Waals surface area contributed by atoms with E-state index in [1.54, 1.807) is 30.8 Å². The van der Waals surface area contributed by atoms with Crippen molar-refractivity contribution in [2.24, 2.45) is 5.92 Å². The van der Waals surface area contributed by atoms with Gasteiger partial charge in [-0.1, -0.05) is 0 Å². The Morgan fingerprint density at radius 1 is 1.23 bits per heavy atom. The highest BCUT2D eigenvalue weighted by molar-refractivity contribution is 7.89. The summed E-state index contributed by atoms with van der Waals surface area (Å²) in [7, 11) is -0.164. The number of nitrogens with zero attached hydrogens (tertiary/aromatic N) is 4. The SMILES string of the molecule is CN(C)S(=O)(=O)CC1CCC(n2c(=O)[nH]c3cnc(Nc4ccc[nH]c4=O)nc32)CC1. The van der Waals surface area contributed by atoms with Crippen molar-refractivity contribution in [1.82, 2.24) is 28.8 Å². The van der Waals surface area contributed by atoms with Gasteiger partial charge in [-0.25, -0.2) is 22.5 Å². The van der Waals surface area contributed by atoms with E-state index in [4.69, 9.17) is 0 Å². The van der Waals surface area contributed by atoms with Crippen molar-refractivity contribution in [1.29, 1.82) is 0 Å². The standard InChI is InChI=1S/C19H25N7O4S/c1-25(2)31(29,30)11-12-5-7-13(8-6-12)26-16-15(23-19(26)28)10-21-18(24-16)22-14-4-3-9-20-17(14)27/h3-4,9-10,12-13H,5-8,11H2,1-2H3,(H,20,27)(H,23,28)(H,21,22,24). The van der Waals surface area contributed by atoms with Gasteiger partial charge in [-0.05, 0) is 43.7 Å². The molecule has 1 aliphatic carbocycles. The highest BCUT2D eigenvalue weighted by Crippen LogP contribution is 2.33. The van der Waals surface area contributed by atoms with E-state index in [0.29, 0.717) is 42.5 Å². The molecule has 3 aromatic rings. The van der Waals surface area contributed by atoms with Gasteiger partial charge in [-0.3, -0.25) is 9.36 Å². The Hall–Kier alpha value is -2.99. The van der Waals surface area contributed by atoms with E-state index in [-0.39, 0.29) is 34.9 Å². The molecule has 4 rings (SSSR count). The molecule has 0 atom stereocenters. The highest BCUT2D eigenvalue weighted by Gasteiger charge is 2.29. The molecule has 1 fully saturated rings. The van der Waals surface area contributed by atoms with Crippen molar-refractivity contribution in [3.8, 4) is 0 Å². The first kappa shape index (κ1) is 21.2. The molecule has 0 aliphatic heterocycles. The smallest absolute Gasteiger partial charge is 0.327 e. The summed E-state index contributed by atoms with van der Waals surface area (Å²) in [4.78, 5) is 38.5. The van der Waals surface area contributed by atoms with E-state index in [9.17, 15) is 18.0 Å². The molecule has 166 valence electrons. The van der Waals surface area contributed by atoms with Crippen LogP contribution in [-0.4, -0.2) is 57.1 Å². The molecule has 31 heavy (non-hydrogen) atoms. The maximum absolute atomic E-state index is 12.6. The van der Waals surface area contributed by atoms with Crippen LogP contribution in [0.25, 0.3) is 11.2 Å². The van der Waals surface area contributed by atoms with Crippen LogP contribution in [0.2, 0.25) is 0 Å². The number of hydrogen-bond donors (Lipinski definition) is 3. The summed E-state index contributed by atoms with van der Waals surface area (Å²) in [6.07, 6.45) is 5.84. The average Bonchev–Trinajstić information content (AvgIpc) is 3.05. The Kier molecular flexibility index (Phi) is 5.67. The van der Waals surface area contributed by atoms with Gasteiger partial charge in [0.05, 0.1) is 11.9 Å². The van der Waals surface area contributed by atoms with Crippen LogP contribution in [0.15, 0.2) is 34.1 Å². The lowest BCUT2D eigenvalue weighted by Crippen LogP contribution is -2.32. The summed E-state index contributed by atoms with van der Waals surface area (Å²) in [6, 6.07) is 3.21. The highest BCUT2D eigenvalue weighted by atomic mass is 32.2. The van der Waals surface area contributed by atoms with Crippen molar-refractivity contribution in [2.45, 2.75) is 31.7 Å². The second-order valence-electron chi connectivity index (χ2n) is 8.00. The van der Waals surface area contributed by atoms with E-state index in [1.807, 2.05) is 0 Å². The molecule has 0 radical (unpaired) electrons. The maximum atomic E-state index is 12.6. The molecule has 0 saturated heterocycles. The molecule has 3 aromatic heterocycles. The molecule has 1 aliphatic rings. The first-order valence-corrected chi connectivity index (χ1v) is 11.7. The fourth-order valence-corrected chi connectivity index (χ4v) is 5.20. The zero-order valence-corrected chi connectivity index (χ0v) is 18.1. The van der Waals surface area contributed by atoms with Gasteiger partial charge in [-0.2, -0.15) is 4.98 Å². The number of sulfonamides is 1. The normalized spacial score (nSPS) is 19.7. The summed E-state index contributed by atoms with van der Waals surface area (Å²) >= 11 is 0. The average molecular weight is 448 g/mol. The minimum atomic E-state index is -3.25. The van der Waals surface area contributed by atoms with Gasteiger partial charge in [0.1, 0.15) is 11.2 Å². The molecule has 0 aromatic carbocycles. The Morgan fingerprint density at radius 3 is 2.65 bits per heavy atom. The predicted octanol–water partition coefficient (Wildman–Crippen LogP) is 1.17. The lowest BCUT2D eigenvalue weighted by Gasteiger charge is -2.29. The summed E-state index contributed by atoms with van der Waals surface area (Å²) < 4.78 is 27.2. The quantitative estimate of drug-likeness (QED) is 0.514. The lowest BCUT2D eigenvalue weighted by molar-refractivity contribution is 0.288. The zero-order chi connectivity index (χ0) is 22.2. The maximum Gasteiger partial charge on any atom is 0.327 e. The van der Waals surface area contributed by atoms with Crippen LogP contribution in [-0.2, 0) is 10.0 Å². The second-order valence-corrected chi connectivity index (χ2v) is 10.2. The number of fused-ring (bicyclic) bond motifs is 1.